The molecule has 2 fully saturated rings. The highest BCUT2D eigenvalue weighted by atomic mass is 14.5. The zero-order chi connectivity index (χ0) is 11.1. The van der Waals surface area contributed by atoms with Crippen LogP contribution in [0.3, 0.4) is 0 Å². The van der Waals surface area contributed by atoms with Crippen molar-refractivity contribution in [3.63, 3.8) is 0 Å². The summed E-state index contributed by atoms with van der Waals surface area (Å²) in [7, 11) is 0. The third-order valence-corrected chi connectivity index (χ3v) is 4.81. The molecule has 2 saturated carbocycles. The molecule has 0 nitrogen and oxygen atoms in total. The number of hydrogen-bond acceptors (Lipinski definition) is 0. The third kappa shape index (κ3) is 1.90. The predicted octanol–water partition coefficient (Wildman–Crippen LogP) is 4.53. The van der Waals surface area contributed by atoms with E-state index in [0.717, 1.165) is 23.7 Å². The van der Waals surface area contributed by atoms with Crippen LogP contribution in [0.1, 0.15) is 49.7 Å². The van der Waals surface area contributed by atoms with E-state index >= 15 is 0 Å². The summed E-state index contributed by atoms with van der Waals surface area (Å²) in [4.78, 5) is 0. The van der Waals surface area contributed by atoms with Crippen LogP contribution in [0.4, 0.5) is 0 Å². The number of rotatable bonds is 1. The maximum atomic E-state index is 2.46. The fourth-order valence-corrected chi connectivity index (χ4v) is 3.54. The van der Waals surface area contributed by atoms with Gasteiger partial charge in [0.15, 0.2) is 0 Å². The molecule has 1 aromatic carbocycles. The maximum Gasteiger partial charge on any atom is -0.0159 e. The molecule has 0 N–H and O–H groups in total. The molecule has 0 amide bonds. The normalized spacial score (nSPS) is 37.6. The summed E-state index contributed by atoms with van der Waals surface area (Å²) >= 11 is 0. The van der Waals surface area contributed by atoms with Crippen LogP contribution < -0.4 is 0 Å². The van der Waals surface area contributed by atoms with Gasteiger partial charge in [-0.05, 0) is 61.8 Å². The summed E-state index contributed by atoms with van der Waals surface area (Å²) in [5, 5.41) is 0. The Hall–Kier alpha value is -0.780. The second-order valence-electron chi connectivity index (χ2n) is 6.06. The smallest absolute Gasteiger partial charge is 0.0159 e. The Kier molecular flexibility index (Phi) is 2.53. The molecule has 3 unspecified atom stereocenters. The van der Waals surface area contributed by atoms with Crippen LogP contribution in [-0.2, 0) is 0 Å². The number of hydrogen-bond donors (Lipinski definition) is 0. The van der Waals surface area contributed by atoms with Crippen molar-refractivity contribution in [2.24, 2.45) is 17.8 Å². The first-order valence-corrected chi connectivity index (χ1v) is 6.80. The van der Waals surface area contributed by atoms with Gasteiger partial charge in [-0.25, -0.2) is 0 Å². The molecule has 3 rings (SSSR count). The van der Waals surface area contributed by atoms with E-state index in [2.05, 4.69) is 38.1 Å². The second-order valence-corrected chi connectivity index (χ2v) is 6.06. The van der Waals surface area contributed by atoms with Crippen molar-refractivity contribution in [2.75, 3.05) is 0 Å². The van der Waals surface area contributed by atoms with Crippen LogP contribution in [0.15, 0.2) is 24.3 Å². The fourth-order valence-electron chi connectivity index (χ4n) is 3.54. The molecular formula is C16H22. The molecule has 2 aliphatic rings. The molecule has 4 atom stereocenters. The number of benzene rings is 1. The van der Waals surface area contributed by atoms with Crippen LogP contribution in [-0.4, -0.2) is 0 Å². The Labute approximate surface area is 99.1 Å². The lowest BCUT2D eigenvalue weighted by Gasteiger charge is -2.16. The lowest BCUT2D eigenvalue weighted by atomic mass is 9.89. The van der Waals surface area contributed by atoms with Crippen LogP contribution in [0.5, 0.6) is 0 Å². The molecule has 0 aliphatic heterocycles. The summed E-state index contributed by atoms with van der Waals surface area (Å²) in [6, 6.07) is 9.25. The van der Waals surface area contributed by atoms with Gasteiger partial charge in [-0.15, -0.1) is 0 Å². The van der Waals surface area contributed by atoms with Gasteiger partial charge in [0, 0.05) is 0 Å². The van der Waals surface area contributed by atoms with Crippen LogP contribution >= 0.6 is 0 Å². The van der Waals surface area contributed by atoms with Gasteiger partial charge < -0.3 is 0 Å². The fraction of sp³-hybridized carbons (Fsp3) is 0.625. The summed E-state index contributed by atoms with van der Waals surface area (Å²) in [6.45, 7) is 4.64. The Balaban J connectivity index is 1.77. The van der Waals surface area contributed by atoms with Crippen molar-refractivity contribution in [2.45, 2.75) is 45.4 Å². The maximum absolute atomic E-state index is 2.46. The Bertz CT molecular complexity index is 362. The zero-order valence-electron chi connectivity index (χ0n) is 10.4. The van der Waals surface area contributed by atoms with E-state index < -0.39 is 0 Å². The molecule has 0 spiro atoms. The molecule has 0 radical (unpaired) electrons. The molecule has 0 saturated heterocycles. The molecule has 0 heterocycles. The molecule has 0 heteroatoms. The highest BCUT2D eigenvalue weighted by Gasteiger charge is 2.44. The van der Waals surface area contributed by atoms with E-state index in [1.807, 2.05) is 0 Å². The van der Waals surface area contributed by atoms with E-state index in [9.17, 15) is 0 Å². The van der Waals surface area contributed by atoms with Gasteiger partial charge in [0.1, 0.15) is 0 Å². The van der Waals surface area contributed by atoms with E-state index in [1.165, 1.54) is 31.2 Å². The van der Waals surface area contributed by atoms with E-state index in [0.29, 0.717) is 0 Å². The molecular weight excluding hydrogens is 192 g/mol. The Morgan fingerprint density at radius 2 is 1.75 bits per heavy atom. The molecule has 86 valence electrons. The molecule has 0 bridgehead atoms. The second kappa shape index (κ2) is 3.91. The van der Waals surface area contributed by atoms with Crippen molar-refractivity contribution >= 4 is 0 Å². The lowest BCUT2D eigenvalue weighted by molar-refractivity contribution is 0.455. The lowest BCUT2D eigenvalue weighted by Crippen LogP contribution is -2.00. The zero-order valence-corrected chi connectivity index (χ0v) is 10.4. The molecule has 1 aromatic rings. The van der Waals surface area contributed by atoms with Gasteiger partial charge in [0.2, 0.25) is 0 Å². The first kappa shape index (κ1) is 10.4. The van der Waals surface area contributed by atoms with Gasteiger partial charge >= 0.3 is 0 Å². The van der Waals surface area contributed by atoms with Crippen molar-refractivity contribution in [1.29, 1.82) is 0 Å². The van der Waals surface area contributed by atoms with Crippen LogP contribution in [0, 0.1) is 24.7 Å². The minimum Gasteiger partial charge on any atom is -0.0622 e. The standard InChI is InChI=1S/C16H22/c1-11-3-6-13(7-4-11)14-8-5-12(2)16-10-15(16)9-14/h3-4,6-7,12,14-16H,5,8-10H2,1-2H3/t12?,14?,15?,16-/m1/s1. The van der Waals surface area contributed by atoms with Crippen LogP contribution in [0.25, 0.3) is 0 Å². The molecule has 16 heavy (non-hydrogen) atoms. The summed E-state index contributed by atoms with van der Waals surface area (Å²) in [5.74, 6) is 3.97. The van der Waals surface area contributed by atoms with Gasteiger partial charge in [-0.3, -0.25) is 0 Å². The Morgan fingerprint density at radius 1 is 1.00 bits per heavy atom. The van der Waals surface area contributed by atoms with Gasteiger partial charge in [0.25, 0.3) is 0 Å². The average molecular weight is 214 g/mol. The monoisotopic (exact) mass is 214 g/mol. The highest BCUT2D eigenvalue weighted by molar-refractivity contribution is 5.25. The minimum absolute atomic E-state index is 0.848. The van der Waals surface area contributed by atoms with Crippen LogP contribution in [0.2, 0.25) is 0 Å². The van der Waals surface area contributed by atoms with Gasteiger partial charge in [0.05, 0.1) is 0 Å². The summed E-state index contributed by atoms with van der Waals surface area (Å²) in [6.07, 6.45) is 5.83. The average Bonchev–Trinajstić information content (AvgIpc) is 3.04. The van der Waals surface area contributed by atoms with E-state index in [-0.39, 0.29) is 0 Å². The molecule has 2 aliphatic carbocycles. The molecule has 0 aromatic heterocycles. The number of fused-ring (bicyclic) bond motifs is 1. The number of aryl methyl sites for hydroxylation is 1. The van der Waals surface area contributed by atoms with E-state index in [1.54, 1.807) is 5.56 Å². The van der Waals surface area contributed by atoms with E-state index in [4.69, 9.17) is 0 Å². The summed E-state index contributed by atoms with van der Waals surface area (Å²) in [5.41, 5.74) is 2.97. The van der Waals surface area contributed by atoms with Gasteiger partial charge in [-0.2, -0.15) is 0 Å². The minimum atomic E-state index is 0.848. The quantitative estimate of drug-likeness (QED) is 0.644. The summed E-state index contributed by atoms with van der Waals surface area (Å²) < 4.78 is 0. The SMILES string of the molecule is Cc1ccc(C2CCC(C)[C@H]3CC3C2)cc1. The first-order valence-electron chi connectivity index (χ1n) is 6.80. The predicted molar refractivity (Wildman–Crippen MR) is 68.5 cm³/mol. The van der Waals surface area contributed by atoms with Crippen molar-refractivity contribution in [3.8, 4) is 0 Å². The largest absolute Gasteiger partial charge is 0.0622 e. The first-order chi connectivity index (χ1) is 7.74. The van der Waals surface area contributed by atoms with Crippen molar-refractivity contribution in [1.82, 2.24) is 0 Å². The topological polar surface area (TPSA) is 0 Å². The van der Waals surface area contributed by atoms with Crippen molar-refractivity contribution in [3.05, 3.63) is 35.4 Å². The highest BCUT2D eigenvalue weighted by Crippen LogP contribution is 2.54. The third-order valence-electron chi connectivity index (χ3n) is 4.81. The Morgan fingerprint density at radius 3 is 2.50 bits per heavy atom. The van der Waals surface area contributed by atoms with Gasteiger partial charge in [-0.1, -0.05) is 36.8 Å². The van der Waals surface area contributed by atoms with Crippen molar-refractivity contribution < 1.29 is 0 Å².